The number of imidazole rings is 1. The molecule has 208 valence electrons. The van der Waals surface area contributed by atoms with Crippen molar-refractivity contribution in [3.8, 4) is 39.3 Å². The zero-order valence-corrected chi connectivity index (χ0v) is 24.4. The lowest BCUT2D eigenvalue weighted by molar-refractivity contribution is 1.10. The minimum absolute atomic E-state index is 0.887. The molecule has 0 aliphatic rings. The van der Waals surface area contributed by atoms with Gasteiger partial charge in [0.05, 0.1) is 5.52 Å². The molecule has 0 saturated heterocycles. The van der Waals surface area contributed by atoms with E-state index in [4.69, 9.17) is 4.98 Å². The Balaban J connectivity index is 1.32. The summed E-state index contributed by atoms with van der Waals surface area (Å²) in [5.74, 6) is 0.889. The molecule has 2 nitrogen and oxygen atoms in total. The van der Waals surface area contributed by atoms with E-state index < -0.39 is 0 Å². The maximum absolute atomic E-state index is 5.21. The van der Waals surface area contributed by atoms with Crippen LogP contribution < -0.4 is 0 Å². The van der Waals surface area contributed by atoms with Crippen LogP contribution in [0.4, 0.5) is 0 Å². The third-order valence-corrected chi connectivity index (χ3v) is 8.79. The van der Waals surface area contributed by atoms with Crippen molar-refractivity contribution in [3.63, 3.8) is 0 Å². The smallest absolute Gasteiger partial charge is 0.146 e. The van der Waals surface area contributed by atoms with Gasteiger partial charge in [-0.1, -0.05) is 140 Å². The first kappa shape index (κ1) is 25.3. The van der Waals surface area contributed by atoms with E-state index in [0.29, 0.717) is 0 Å². The number of hydrogen-bond donors (Lipinski definition) is 0. The van der Waals surface area contributed by atoms with Gasteiger partial charge < -0.3 is 0 Å². The number of aromatic nitrogens is 2. The van der Waals surface area contributed by atoms with E-state index in [1.165, 1.54) is 43.4 Å². The molecule has 0 aliphatic carbocycles. The Morgan fingerprint density at radius 1 is 0.444 bits per heavy atom. The van der Waals surface area contributed by atoms with E-state index in [2.05, 4.69) is 162 Å². The van der Waals surface area contributed by atoms with Crippen molar-refractivity contribution in [1.82, 2.24) is 9.55 Å². The highest BCUT2D eigenvalue weighted by Crippen LogP contribution is 2.44. The predicted octanol–water partition coefficient (Wildman–Crippen LogP) is 11.1. The van der Waals surface area contributed by atoms with Crippen molar-refractivity contribution in [3.05, 3.63) is 170 Å². The second-order valence-corrected chi connectivity index (χ2v) is 11.4. The van der Waals surface area contributed by atoms with Gasteiger partial charge in [0, 0.05) is 22.4 Å². The Kier molecular flexibility index (Phi) is 5.76. The topological polar surface area (TPSA) is 17.8 Å². The fourth-order valence-electron chi connectivity index (χ4n) is 6.78. The summed E-state index contributed by atoms with van der Waals surface area (Å²) in [4.78, 5) is 5.21. The number of rotatable bonds is 4. The van der Waals surface area contributed by atoms with Crippen LogP contribution >= 0.6 is 0 Å². The molecule has 0 N–H and O–H groups in total. The lowest BCUT2D eigenvalue weighted by atomic mass is 9.86. The number of fused-ring (bicyclic) bond motifs is 4. The van der Waals surface area contributed by atoms with Crippen LogP contribution in [-0.2, 0) is 0 Å². The molecule has 0 aliphatic heterocycles. The van der Waals surface area contributed by atoms with Crippen molar-refractivity contribution >= 4 is 43.4 Å². The van der Waals surface area contributed by atoms with Crippen LogP contribution in [-0.4, -0.2) is 9.55 Å². The summed E-state index contributed by atoms with van der Waals surface area (Å²) >= 11 is 0. The van der Waals surface area contributed by atoms with Gasteiger partial charge >= 0.3 is 0 Å². The van der Waals surface area contributed by atoms with E-state index >= 15 is 0 Å². The first-order valence-corrected chi connectivity index (χ1v) is 15.2. The summed E-state index contributed by atoms with van der Waals surface area (Å²) in [5.41, 5.74) is 8.50. The van der Waals surface area contributed by atoms with Crippen molar-refractivity contribution in [1.29, 1.82) is 0 Å². The van der Waals surface area contributed by atoms with Gasteiger partial charge in [-0.25, -0.2) is 4.98 Å². The molecular weight excluding hydrogens is 544 g/mol. The molecule has 0 amide bonds. The first-order valence-electron chi connectivity index (χ1n) is 15.2. The van der Waals surface area contributed by atoms with E-state index in [1.807, 2.05) is 12.1 Å². The van der Waals surface area contributed by atoms with Gasteiger partial charge in [-0.2, -0.15) is 0 Å². The van der Waals surface area contributed by atoms with Gasteiger partial charge in [-0.3, -0.25) is 4.57 Å². The molecule has 0 saturated carbocycles. The minimum Gasteiger partial charge on any atom is -0.285 e. The second-order valence-electron chi connectivity index (χ2n) is 11.4. The molecule has 1 heterocycles. The van der Waals surface area contributed by atoms with E-state index in [1.54, 1.807) is 0 Å². The molecule has 2 heteroatoms. The quantitative estimate of drug-likeness (QED) is 0.192. The van der Waals surface area contributed by atoms with E-state index in [9.17, 15) is 0 Å². The van der Waals surface area contributed by atoms with Gasteiger partial charge in [-0.15, -0.1) is 0 Å². The fourth-order valence-corrected chi connectivity index (χ4v) is 6.78. The van der Waals surface area contributed by atoms with E-state index in [-0.39, 0.29) is 0 Å². The minimum atomic E-state index is 0.887. The van der Waals surface area contributed by atoms with Gasteiger partial charge in [0.1, 0.15) is 11.3 Å². The molecule has 9 aromatic rings. The third-order valence-electron chi connectivity index (χ3n) is 8.79. The highest BCUT2D eigenvalue weighted by molar-refractivity contribution is 6.21. The second kappa shape index (κ2) is 10.2. The largest absolute Gasteiger partial charge is 0.285 e. The SMILES string of the molecule is c1c(-c2c3ccccc3c(-c3ccc4ccccc4c3)c3ccccc23)cc2nc(-c3ccccc3)n(-c3ccccc3)c2c#1. The van der Waals surface area contributed by atoms with Crippen molar-refractivity contribution in [2.45, 2.75) is 0 Å². The summed E-state index contributed by atoms with van der Waals surface area (Å²) in [5, 5.41) is 7.30. The third kappa shape index (κ3) is 4.10. The van der Waals surface area contributed by atoms with Crippen molar-refractivity contribution in [2.24, 2.45) is 0 Å². The zero-order valence-electron chi connectivity index (χ0n) is 24.4. The maximum atomic E-state index is 5.21. The van der Waals surface area contributed by atoms with Gasteiger partial charge in [0.25, 0.3) is 0 Å². The van der Waals surface area contributed by atoms with Crippen LogP contribution in [0, 0.1) is 12.1 Å². The molecule has 45 heavy (non-hydrogen) atoms. The number of hydrogen-bond acceptors (Lipinski definition) is 1. The highest BCUT2D eigenvalue weighted by atomic mass is 15.1. The van der Waals surface area contributed by atoms with Crippen molar-refractivity contribution in [2.75, 3.05) is 0 Å². The molecular formula is C43H26N2. The average molecular weight is 571 g/mol. The highest BCUT2D eigenvalue weighted by Gasteiger charge is 2.19. The number of para-hydroxylation sites is 1. The van der Waals surface area contributed by atoms with Gasteiger partial charge in [-0.05, 0) is 73.8 Å². The molecule has 0 unspecified atom stereocenters. The summed E-state index contributed by atoms with van der Waals surface area (Å²) in [7, 11) is 0. The average Bonchev–Trinajstić information content (AvgIpc) is 3.50. The molecule has 0 atom stereocenters. The lowest BCUT2D eigenvalue weighted by Crippen LogP contribution is -1.96. The van der Waals surface area contributed by atoms with Crippen LogP contribution in [0.15, 0.2) is 158 Å². The summed E-state index contributed by atoms with van der Waals surface area (Å²) in [6.45, 7) is 0. The summed E-state index contributed by atoms with van der Waals surface area (Å²) < 4.78 is 2.18. The molecule has 8 aromatic carbocycles. The standard InChI is InChI=1S/C43H26N2/c1-3-14-30(15-4-1)43-44-39-28-33(25-26-40(39)45(43)34-17-5-2-6-18-34)42-37-21-11-9-19-35(37)41(36-20-10-12-22-38(36)42)32-24-23-29-13-7-8-16-31(29)27-32/h1-24,27-28H. The Morgan fingerprint density at radius 3 is 1.71 bits per heavy atom. The van der Waals surface area contributed by atoms with E-state index in [0.717, 1.165) is 39.2 Å². The number of benzene rings is 7. The van der Waals surface area contributed by atoms with Crippen LogP contribution in [0.2, 0.25) is 0 Å². The summed E-state index contributed by atoms with van der Waals surface area (Å²) in [6.07, 6.45) is 0. The molecule has 9 rings (SSSR count). The Hall–Kier alpha value is -6.17. The lowest BCUT2D eigenvalue weighted by Gasteiger charge is -2.17. The van der Waals surface area contributed by atoms with Crippen LogP contribution in [0.3, 0.4) is 0 Å². The van der Waals surface area contributed by atoms with Crippen LogP contribution in [0.25, 0.3) is 82.7 Å². The zero-order chi connectivity index (χ0) is 29.7. The first-order chi connectivity index (χ1) is 22.3. The normalized spacial score (nSPS) is 11.4. The molecule has 0 radical (unpaired) electrons. The monoisotopic (exact) mass is 570 g/mol. The van der Waals surface area contributed by atoms with Gasteiger partial charge in [0.15, 0.2) is 0 Å². The Morgan fingerprint density at radius 2 is 1.02 bits per heavy atom. The fraction of sp³-hybridized carbons (Fsp3) is 0. The number of nitrogens with zero attached hydrogens (tertiary/aromatic N) is 2. The Bertz CT molecular complexity index is 2470. The van der Waals surface area contributed by atoms with Crippen LogP contribution in [0.5, 0.6) is 0 Å². The van der Waals surface area contributed by atoms with Crippen molar-refractivity contribution < 1.29 is 0 Å². The molecule has 0 spiro atoms. The molecule has 0 bridgehead atoms. The van der Waals surface area contributed by atoms with Crippen LogP contribution in [0.1, 0.15) is 0 Å². The summed E-state index contributed by atoms with van der Waals surface area (Å²) in [6, 6.07) is 62.9. The molecule has 1 aromatic heterocycles. The molecule has 0 fully saturated rings. The van der Waals surface area contributed by atoms with Gasteiger partial charge in [0.2, 0.25) is 0 Å². The Labute approximate surface area is 261 Å². The maximum Gasteiger partial charge on any atom is 0.146 e. The predicted molar refractivity (Wildman–Crippen MR) is 188 cm³/mol.